The molecule has 1 aromatic heterocycles. The van der Waals surface area contributed by atoms with Crippen LogP contribution in [0.4, 0.5) is 0 Å². The number of carboxylic acid groups (broad SMARTS) is 2. The highest BCUT2D eigenvalue weighted by Crippen LogP contribution is 2.20. The lowest BCUT2D eigenvalue weighted by molar-refractivity contribution is -0.142. The molecule has 4 unspecified atom stereocenters. The summed E-state index contributed by atoms with van der Waals surface area (Å²) in [5.41, 5.74) is 7.73. The molecule has 230 valence electrons. The van der Waals surface area contributed by atoms with Crippen LogP contribution < -0.4 is 21.7 Å². The molecule has 0 spiro atoms. The standard InChI is InChI=1S/C30H37N5O8/c1-16(2)11-23(33-27(39)21(31)14-26(37)38)28(40)34-24(13-18-15-32-22-6-4-3-5-20(18)22)29(41)35-25(30(42)43)12-17-7-9-19(36)10-8-17/h3-10,15-16,21,23-25,32,36H,11-14,31H2,1-2H3,(H,33,39)(H,34,40)(H,35,41)(H,37,38)(H,42,43). The molecule has 9 N–H and O–H groups in total. The zero-order chi connectivity index (χ0) is 31.7. The van der Waals surface area contributed by atoms with Crippen LogP contribution in [-0.2, 0) is 36.8 Å². The van der Waals surface area contributed by atoms with Gasteiger partial charge < -0.3 is 42.0 Å². The third-order valence-corrected chi connectivity index (χ3v) is 6.79. The normalized spacial score (nSPS) is 14.0. The van der Waals surface area contributed by atoms with Crippen molar-refractivity contribution in [2.24, 2.45) is 11.7 Å². The summed E-state index contributed by atoms with van der Waals surface area (Å²) in [6.45, 7) is 3.64. The number of aromatic hydroxyl groups is 1. The van der Waals surface area contributed by atoms with Gasteiger partial charge in [0.05, 0.1) is 12.5 Å². The van der Waals surface area contributed by atoms with Gasteiger partial charge >= 0.3 is 11.9 Å². The number of amides is 3. The van der Waals surface area contributed by atoms with E-state index in [4.69, 9.17) is 10.8 Å². The van der Waals surface area contributed by atoms with E-state index < -0.39 is 60.2 Å². The molecule has 3 amide bonds. The molecule has 13 nitrogen and oxygen atoms in total. The minimum absolute atomic E-state index is 0.00594. The summed E-state index contributed by atoms with van der Waals surface area (Å²) in [5, 5.41) is 36.8. The monoisotopic (exact) mass is 595 g/mol. The Morgan fingerprint density at radius 2 is 1.42 bits per heavy atom. The van der Waals surface area contributed by atoms with Gasteiger partial charge in [-0.05, 0) is 41.7 Å². The minimum Gasteiger partial charge on any atom is -0.508 e. The van der Waals surface area contributed by atoms with Crippen molar-refractivity contribution in [2.75, 3.05) is 0 Å². The third kappa shape index (κ3) is 9.57. The summed E-state index contributed by atoms with van der Waals surface area (Å²) < 4.78 is 0. The van der Waals surface area contributed by atoms with Crippen molar-refractivity contribution >= 4 is 40.6 Å². The molecule has 4 atom stereocenters. The molecular weight excluding hydrogens is 558 g/mol. The molecule has 0 aliphatic carbocycles. The molecule has 0 bridgehead atoms. The van der Waals surface area contributed by atoms with E-state index in [0.717, 1.165) is 10.9 Å². The maximum absolute atomic E-state index is 13.6. The summed E-state index contributed by atoms with van der Waals surface area (Å²) in [7, 11) is 0. The van der Waals surface area contributed by atoms with Gasteiger partial charge in [-0.15, -0.1) is 0 Å². The summed E-state index contributed by atoms with van der Waals surface area (Å²) in [5.74, 6) is -4.95. The predicted molar refractivity (Wildman–Crippen MR) is 157 cm³/mol. The van der Waals surface area contributed by atoms with E-state index in [2.05, 4.69) is 20.9 Å². The molecule has 0 saturated carbocycles. The number of phenols is 1. The Morgan fingerprint density at radius 3 is 2.05 bits per heavy atom. The van der Waals surface area contributed by atoms with Crippen LogP contribution in [0.1, 0.15) is 37.8 Å². The second-order valence-corrected chi connectivity index (χ2v) is 10.8. The average molecular weight is 596 g/mol. The van der Waals surface area contributed by atoms with E-state index in [9.17, 15) is 34.2 Å². The largest absolute Gasteiger partial charge is 0.508 e. The number of para-hydroxylation sites is 1. The lowest BCUT2D eigenvalue weighted by atomic mass is 9.99. The minimum atomic E-state index is -1.39. The van der Waals surface area contributed by atoms with E-state index in [1.54, 1.807) is 6.20 Å². The first-order valence-corrected chi connectivity index (χ1v) is 13.8. The number of aromatic amines is 1. The predicted octanol–water partition coefficient (Wildman–Crippen LogP) is 1.05. The van der Waals surface area contributed by atoms with Gasteiger partial charge in [0.15, 0.2) is 0 Å². The highest BCUT2D eigenvalue weighted by Gasteiger charge is 2.31. The second-order valence-electron chi connectivity index (χ2n) is 10.8. The Morgan fingerprint density at radius 1 is 0.814 bits per heavy atom. The molecule has 3 aromatic rings. The summed E-state index contributed by atoms with van der Waals surface area (Å²) in [6.07, 6.45) is 1.14. The molecule has 1 heterocycles. The number of aromatic nitrogens is 1. The average Bonchev–Trinajstić information content (AvgIpc) is 3.35. The number of carboxylic acids is 2. The summed E-state index contributed by atoms with van der Waals surface area (Å²) >= 11 is 0. The van der Waals surface area contributed by atoms with Gasteiger partial charge in [0, 0.05) is 29.9 Å². The fourth-order valence-corrected chi connectivity index (χ4v) is 4.60. The summed E-state index contributed by atoms with van der Waals surface area (Å²) in [4.78, 5) is 65.8. The highest BCUT2D eigenvalue weighted by molar-refractivity contribution is 5.95. The van der Waals surface area contributed by atoms with Gasteiger partial charge in [0.1, 0.15) is 23.9 Å². The quantitative estimate of drug-likeness (QED) is 0.125. The van der Waals surface area contributed by atoms with Crippen molar-refractivity contribution in [2.45, 2.75) is 63.7 Å². The second kappa shape index (κ2) is 14.8. The number of hydrogen-bond acceptors (Lipinski definition) is 7. The number of carbonyl (C=O) groups is 5. The number of benzene rings is 2. The third-order valence-electron chi connectivity index (χ3n) is 6.79. The number of fused-ring (bicyclic) bond motifs is 1. The molecule has 0 aliphatic rings. The topological polar surface area (TPSA) is 224 Å². The van der Waals surface area contributed by atoms with E-state index in [1.807, 2.05) is 38.1 Å². The zero-order valence-corrected chi connectivity index (χ0v) is 23.9. The lowest BCUT2D eigenvalue weighted by Gasteiger charge is -2.26. The molecule has 13 heteroatoms. The van der Waals surface area contributed by atoms with E-state index >= 15 is 0 Å². The Kier molecular flexibility index (Phi) is 11.2. The van der Waals surface area contributed by atoms with Crippen LogP contribution in [0, 0.1) is 5.92 Å². The first-order chi connectivity index (χ1) is 20.3. The Balaban J connectivity index is 1.86. The number of nitrogens with one attached hydrogen (secondary N) is 4. The highest BCUT2D eigenvalue weighted by atomic mass is 16.4. The van der Waals surface area contributed by atoms with Gasteiger partial charge in [-0.2, -0.15) is 0 Å². The fourth-order valence-electron chi connectivity index (χ4n) is 4.60. The number of aliphatic carboxylic acids is 2. The number of rotatable bonds is 15. The maximum atomic E-state index is 13.6. The first kappa shape index (κ1) is 32.6. The SMILES string of the molecule is CC(C)CC(NC(=O)C(N)CC(=O)O)C(=O)NC(Cc1c[nH]c2ccccc12)C(=O)NC(Cc1ccc(O)cc1)C(=O)O. The number of nitrogens with two attached hydrogens (primary N) is 1. The van der Waals surface area contributed by atoms with Crippen LogP contribution in [0.3, 0.4) is 0 Å². The summed E-state index contributed by atoms with van der Waals surface area (Å²) in [6, 6.07) is 8.11. The molecule has 0 saturated heterocycles. The zero-order valence-electron chi connectivity index (χ0n) is 23.9. The Hall–Kier alpha value is -4.91. The van der Waals surface area contributed by atoms with Crippen LogP contribution in [-0.4, -0.2) is 74.1 Å². The molecular formula is C30H37N5O8. The van der Waals surface area contributed by atoms with Crippen molar-refractivity contribution in [1.29, 1.82) is 0 Å². The van der Waals surface area contributed by atoms with Crippen molar-refractivity contribution in [3.05, 3.63) is 65.9 Å². The lowest BCUT2D eigenvalue weighted by Crippen LogP contribution is -2.58. The molecule has 2 aromatic carbocycles. The number of hydrogen-bond donors (Lipinski definition) is 8. The van der Waals surface area contributed by atoms with Crippen LogP contribution in [0.25, 0.3) is 10.9 Å². The van der Waals surface area contributed by atoms with Gasteiger partial charge in [0.25, 0.3) is 0 Å². The van der Waals surface area contributed by atoms with Crippen LogP contribution in [0.15, 0.2) is 54.7 Å². The van der Waals surface area contributed by atoms with Gasteiger partial charge in [-0.3, -0.25) is 19.2 Å². The van der Waals surface area contributed by atoms with Crippen molar-refractivity contribution in [3.8, 4) is 5.75 Å². The molecule has 3 rings (SSSR count). The Bertz CT molecular complexity index is 1450. The molecule has 43 heavy (non-hydrogen) atoms. The molecule has 0 aliphatic heterocycles. The Labute approximate surface area is 247 Å². The van der Waals surface area contributed by atoms with Crippen LogP contribution in [0.5, 0.6) is 5.75 Å². The molecule has 0 fully saturated rings. The maximum Gasteiger partial charge on any atom is 0.326 e. The van der Waals surface area contributed by atoms with Crippen molar-refractivity contribution in [1.82, 2.24) is 20.9 Å². The molecule has 0 radical (unpaired) electrons. The van der Waals surface area contributed by atoms with Crippen molar-refractivity contribution in [3.63, 3.8) is 0 Å². The smallest absolute Gasteiger partial charge is 0.326 e. The van der Waals surface area contributed by atoms with Crippen LogP contribution >= 0.6 is 0 Å². The van der Waals surface area contributed by atoms with E-state index in [1.165, 1.54) is 24.3 Å². The fraction of sp³-hybridized carbons (Fsp3) is 0.367. The van der Waals surface area contributed by atoms with Gasteiger partial charge in [-0.1, -0.05) is 44.2 Å². The number of phenolic OH excluding ortho intramolecular Hbond substituents is 1. The van der Waals surface area contributed by atoms with Gasteiger partial charge in [0.2, 0.25) is 17.7 Å². The van der Waals surface area contributed by atoms with E-state index in [0.29, 0.717) is 11.1 Å². The first-order valence-electron chi connectivity index (χ1n) is 13.8. The van der Waals surface area contributed by atoms with Crippen LogP contribution in [0.2, 0.25) is 0 Å². The van der Waals surface area contributed by atoms with E-state index in [-0.39, 0.29) is 30.9 Å². The number of H-pyrrole nitrogens is 1. The number of carbonyl (C=O) groups excluding carboxylic acids is 3. The van der Waals surface area contributed by atoms with Crippen molar-refractivity contribution < 1.29 is 39.3 Å². The van der Waals surface area contributed by atoms with Gasteiger partial charge in [-0.25, -0.2) is 4.79 Å².